The summed E-state index contributed by atoms with van der Waals surface area (Å²) in [6.45, 7) is 0. The van der Waals surface area contributed by atoms with Gasteiger partial charge >= 0.3 is 41.7 Å². The van der Waals surface area contributed by atoms with Crippen molar-refractivity contribution in [2.75, 3.05) is 0 Å². The van der Waals surface area contributed by atoms with Gasteiger partial charge in [0.2, 0.25) is 0 Å². The summed E-state index contributed by atoms with van der Waals surface area (Å²) in [6, 6.07) is 2.60. The minimum Gasteiger partial charge on any atom is -0.266 e. The Hall–Kier alpha value is -2.07. The van der Waals surface area contributed by atoms with Gasteiger partial charge in [-0.1, -0.05) is 6.07 Å². The normalized spacial score (nSPS) is 15.1. The Morgan fingerprint density at radius 1 is 0.828 bits per heavy atom. The van der Waals surface area contributed by atoms with E-state index in [1.54, 1.807) is 0 Å². The SMILES string of the molecule is O=C(N/N=C/c1cccs1)C(F)(F)C(F)(F)C(F)(F)C(F)(F)C(F)(F)C(F)(F)F. The summed E-state index contributed by atoms with van der Waals surface area (Å²) >= 11 is 0.855. The third-order valence-electron chi connectivity index (χ3n) is 3.12. The number of hydrogen-bond donors (Lipinski definition) is 1. The fourth-order valence-corrected chi connectivity index (χ4v) is 2.09. The van der Waals surface area contributed by atoms with Crippen LogP contribution in [0, 0.1) is 0 Å². The zero-order valence-electron chi connectivity index (χ0n) is 13.0. The Morgan fingerprint density at radius 2 is 1.31 bits per heavy atom. The smallest absolute Gasteiger partial charge is 0.266 e. The van der Waals surface area contributed by atoms with Crippen molar-refractivity contribution < 1.29 is 61.9 Å². The summed E-state index contributed by atoms with van der Waals surface area (Å²) in [5.41, 5.74) is 0.579. The standard InChI is InChI=1S/C12H5F13N2OS/c13-7(14,6(28)27-26-4-5-2-1-3-29-5)8(15,16)9(17,18)10(19,20)11(21,22)12(23,24)25/h1-4H,(H,27,28)/b26-4+. The van der Waals surface area contributed by atoms with Crippen molar-refractivity contribution in [1.82, 2.24) is 5.43 Å². The van der Waals surface area contributed by atoms with E-state index in [4.69, 9.17) is 0 Å². The molecule has 17 heteroatoms. The minimum absolute atomic E-state index is 0.0991. The Balaban J connectivity index is 3.25. The summed E-state index contributed by atoms with van der Waals surface area (Å²) < 4.78 is 167. The Kier molecular flexibility index (Phi) is 6.30. The average molecular weight is 472 g/mol. The van der Waals surface area contributed by atoms with Crippen LogP contribution in [-0.2, 0) is 4.79 Å². The van der Waals surface area contributed by atoms with E-state index in [0.717, 1.165) is 11.3 Å². The van der Waals surface area contributed by atoms with E-state index in [9.17, 15) is 61.9 Å². The lowest BCUT2D eigenvalue weighted by Gasteiger charge is -2.38. The van der Waals surface area contributed by atoms with Crippen LogP contribution in [0.15, 0.2) is 22.6 Å². The fraction of sp³-hybridized carbons (Fsp3) is 0.500. The van der Waals surface area contributed by atoms with E-state index in [2.05, 4.69) is 5.10 Å². The van der Waals surface area contributed by atoms with Crippen LogP contribution in [0.4, 0.5) is 57.1 Å². The molecule has 1 heterocycles. The number of amides is 1. The van der Waals surface area contributed by atoms with Crippen LogP contribution in [0.1, 0.15) is 4.88 Å². The van der Waals surface area contributed by atoms with E-state index in [0.29, 0.717) is 11.6 Å². The Bertz CT molecular complexity index is 754. The molecule has 0 aromatic carbocycles. The zero-order valence-corrected chi connectivity index (χ0v) is 13.8. The van der Waals surface area contributed by atoms with E-state index >= 15 is 0 Å². The summed E-state index contributed by atoms with van der Waals surface area (Å²) in [6.07, 6.45) is -6.99. The number of hydrogen-bond acceptors (Lipinski definition) is 3. The number of hydrazone groups is 1. The maximum absolute atomic E-state index is 13.4. The Labute approximate surface area is 155 Å². The van der Waals surface area contributed by atoms with E-state index in [1.807, 2.05) is 0 Å². The summed E-state index contributed by atoms with van der Waals surface area (Å²) in [5, 5.41) is 4.02. The van der Waals surface area contributed by atoms with Gasteiger partial charge in [-0.2, -0.15) is 62.2 Å². The van der Waals surface area contributed by atoms with E-state index < -0.39 is 41.7 Å². The molecule has 0 bridgehead atoms. The first kappa shape index (κ1) is 25.0. The molecule has 0 unspecified atom stereocenters. The number of alkyl halides is 13. The van der Waals surface area contributed by atoms with E-state index in [1.165, 1.54) is 17.5 Å². The van der Waals surface area contributed by atoms with Crippen LogP contribution in [0.3, 0.4) is 0 Å². The van der Waals surface area contributed by atoms with Crippen LogP contribution in [0.5, 0.6) is 0 Å². The largest absolute Gasteiger partial charge is 0.460 e. The molecule has 0 fully saturated rings. The number of carbonyl (C=O) groups excluding carboxylic acids is 1. The van der Waals surface area contributed by atoms with Crippen molar-refractivity contribution in [2.45, 2.75) is 35.8 Å². The Morgan fingerprint density at radius 3 is 1.72 bits per heavy atom. The van der Waals surface area contributed by atoms with Crippen LogP contribution in [-0.4, -0.2) is 47.9 Å². The molecule has 1 aromatic heterocycles. The predicted octanol–water partition coefficient (Wildman–Crippen LogP) is 4.94. The molecule has 1 aromatic rings. The molecule has 1 amide bonds. The second kappa shape index (κ2) is 7.32. The lowest BCUT2D eigenvalue weighted by atomic mass is 9.93. The molecular weight excluding hydrogens is 467 g/mol. The second-order valence-electron chi connectivity index (χ2n) is 5.08. The molecule has 29 heavy (non-hydrogen) atoms. The molecule has 1 N–H and O–H groups in total. The lowest BCUT2D eigenvalue weighted by Crippen LogP contribution is -2.71. The molecule has 166 valence electrons. The van der Waals surface area contributed by atoms with Crippen molar-refractivity contribution in [1.29, 1.82) is 0 Å². The van der Waals surface area contributed by atoms with Gasteiger partial charge in [0.25, 0.3) is 0 Å². The molecule has 0 aliphatic carbocycles. The molecule has 0 aliphatic heterocycles. The van der Waals surface area contributed by atoms with Crippen molar-refractivity contribution in [2.24, 2.45) is 5.10 Å². The maximum Gasteiger partial charge on any atom is 0.460 e. The van der Waals surface area contributed by atoms with Gasteiger partial charge in [-0.3, -0.25) is 4.79 Å². The third kappa shape index (κ3) is 3.87. The first-order chi connectivity index (χ1) is 12.7. The van der Waals surface area contributed by atoms with Gasteiger partial charge in [-0.25, -0.2) is 5.43 Å². The number of nitrogens with zero attached hydrogens (tertiary/aromatic N) is 1. The van der Waals surface area contributed by atoms with Gasteiger partial charge in [0.15, 0.2) is 0 Å². The minimum atomic E-state index is -8.06. The topological polar surface area (TPSA) is 41.5 Å². The fourth-order valence-electron chi connectivity index (χ4n) is 1.50. The average Bonchev–Trinajstić information content (AvgIpc) is 3.06. The van der Waals surface area contributed by atoms with Crippen molar-refractivity contribution >= 4 is 23.5 Å². The highest BCUT2D eigenvalue weighted by Crippen LogP contribution is 2.60. The molecule has 0 radical (unpaired) electrons. The second-order valence-corrected chi connectivity index (χ2v) is 6.06. The van der Waals surface area contributed by atoms with Gasteiger partial charge in [0.05, 0.1) is 6.21 Å². The molecule has 0 atom stereocenters. The van der Waals surface area contributed by atoms with Crippen LogP contribution < -0.4 is 5.43 Å². The van der Waals surface area contributed by atoms with Crippen LogP contribution in [0.2, 0.25) is 0 Å². The first-order valence-corrected chi connectivity index (χ1v) is 7.46. The molecule has 3 nitrogen and oxygen atoms in total. The zero-order chi connectivity index (χ0) is 23.1. The molecule has 0 spiro atoms. The monoisotopic (exact) mass is 472 g/mol. The van der Waals surface area contributed by atoms with Gasteiger partial charge in [-0.15, -0.1) is 11.3 Å². The van der Waals surface area contributed by atoms with Gasteiger partial charge in [0.1, 0.15) is 0 Å². The number of rotatable bonds is 7. The van der Waals surface area contributed by atoms with Crippen molar-refractivity contribution in [3.05, 3.63) is 22.4 Å². The molecule has 0 aliphatic rings. The highest BCUT2D eigenvalue weighted by atomic mass is 32.1. The lowest BCUT2D eigenvalue weighted by molar-refractivity contribution is -0.436. The van der Waals surface area contributed by atoms with Crippen LogP contribution >= 0.6 is 11.3 Å². The van der Waals surface area contributed by atoms with Crippen molar-refractivity contribution in [3.8, 4) is 0 Å². The van der Waals surface area contributed by atoms with E-state index in [-0.39, 0.29) is 4.88 Å². The third-order valence-corrected chi connectivity index (χ3v) is 3.93. The van der Waals surface area contributed by atoms with Crippen molar-refractivity contribution in [3.63, 3.8) is 0 Å². The number of nitrogens with one attached hydrogen (secondary N) is 1. The van der Waals surface area contributed by atoms with Crippen LogP contribution in [0.25, 0.3) is 0 Å². The predicted molar refractivity (Wildman–Crippen MR) is 70.8 cm³/mol. The first-order valence-electron chi connectivity index (χ1n) is 6.58. The summed E-state index contributed by atoms with van der Waals surface area (Å²) in [5.74, 6) is -42.0. The summed E-state index contributed by atoms with van der Waals surface area (Å²) in [7, 11) is 0. The molecule has 0 saturated carbocycles. The maximum atomic E-state index is 13.4. The number of halogens is 13. The van der Waals surface area contributed by atoms with Gasteiger partial charge < -0.3 is 0 Å². The molecule has 0 saturated heterocycles. The number of thiophene rings is 1. The summed E-state index contributed by atoms with van der Waals surface area (Å²) in [4.78, 5) is 11.1. The van der Waals surface area contributed by atoms with Gasteiger partial charge in [0, 0.05) is 4.88 Å². The number of carbonyl (C=O) groups is 1. The highest BCUT2D eigenvalue weighted by Gasteiger charge is 2.91. The molecule has 1 rings (SSSR count). The quantitative estimate of drug-likeness (QED) is 0.341. The molecular formula is C12H5F13N2OS. The van der Waals surface area contributed by atoms with Gasteiger partial charge in [-0.05, 0) is 11.4 Å². The highest BCUT2D eigenvalue weighted by molar-refractivity contribution is 7.11.